The third kappa shape index (κ3) is 6.03. The number of nitrogen functional groups attached to an aromatic ring is 1. The Bertz CT molecular complexity index is 926. The van der Waals surface area contributed by atoms with Gasteiger partial charge in [-0.05, 0) is 18.2 Å². The number of rotatable bonds is 5. The van der Waals surface area contributed by atoms with E-state index in [1.165, 1.54) is 24.3 Å². The van der Waals surface area contributed by atoms with Gasteiger partial charge < -0.3 is 15.2 Å². The third-order valence-corrected chi connectivity index (χ3v) is 2.92. The van der Waals surface area contributed by atoms with E-state index in [0.29, 0.717) is 0 Å². The first-order valence-corrected chi connectivity index (χ1v) is 7.07. The number of anilines is 1. The summed E-state index contributed by atoms with van der Waals surface area (Å²) in [7, 11) is 0. The molecule has 0 aliphatic rings. The molecule has 8 nitrogen and oxygen atoms in total. The van der Waals surface area contributed by atoms with Crippen LogP contribution in [0.1, 0.15) is 11.1 Å². The van der Waals surface area contributed by atoms with Crippen LogP contribution in [0.5, 0.6) is 11.5 Å². The second-order valence-corrected chi connectivity index (χ2v) is 4.61. The minimum atomic E-state index is -3.13. The van der Waals surface area contributed by atoms with Crippen LogP contribution < -0.4 is 15.2 Å². The number of nitro benzene ring substituents is 1. The number of hydrogen-bond acceptors (Lipinski definition) is 7. The van der Waals surface area contributed by atoms with Gasteiger partial charge in [-0.1, -0.05) is 12.1 Å². The van der Waals surface area contributed by atoms with Crippen molar-refractivity contribution in [3.05, 3.63) is 57.6 Å². The molecule has 2 aromatic carbocycles. The maximum atomic E-state index is 11.9. The van der Waals surface area contributed by atoms with Gasteiger partial charge in [0.15, 0.2) is 11.3 Å². The van der Waals surface area contributed by atoms with Crippen molar-refractivity contribution in [1.82, 2.24) is 0 Å². The normalized spacial score (nSPS) is 9.71. The van der Waals surface area contributed by atoms with E-state index in [1.54, 1.807) is 6.07 Å². The van der Waals surface area contributed by atoms with Gasteiger partial charge in [0.2, 0.25) is 0 Å². The fourth-order valence-electron chi connectivity index (χ4n) is 1.84. The lowest BCUT2D eigenvalue weighted by Gasteiger charge is -2.06. The first-order chi connectivity index (χ1) is 13.2. The molecule has 2 N–H and O–H groups in total. The average Bonchev–Trinajstić information content (AvgIpc) is 2.61. The van der Waals surface area contributed by atoms with E-state index in [0.717, 1.165) is 18.2 Å². The fraction of sp³-hybridized carbons (Fsp3) is 0.125. The van der Waals surface area contributed by atoms with E-state index in [-0.39, 0.29) is 17.0 Å². The molecular weight excluding hydrogens is 388 g/mol. The van der Waals surface area contributed by atoms with Crippen LogP contribution in [0.15, 0.2) is 36.4 Å². The molecule has 0 spiro atoms. The molecule has 0 saturated carbocycles. The number of nitrogens with two attached hydrogens (primary N) is 1. The summed E-state index contributed by atoms with van der Waals surface area (Å²) in [6.07, 6.45) is 0. The maximum absolute atomic E-state index is 11.9. The van der Waals surface area contributed by atoms with Crippen molar-refractivity contribution in [1.29, 1.82) is 10.5 Å². The van der Waals surface area contributed by atoms with Crippen LogP contribution >= 0.6 is 0 Å². The van der Waals surface area contributed by atoms with Crippen LogP contribution in [0.2, 0.25) is 0 Å². The Kier molecular flexibility index (Phi) is 7.99. The largest absolute Gasteiger partial charge is 0.433 e. The summed E-state index contributed by atoms with van der Waals surface area (Å²) in [5, 5.41) is 27.6. The van der Waals surface area contributed by atoms with Crippen molar-refractivity contribution in [2.45, 2.75) is 13.2 Å². The predicted molar refractivity (Wildman–Crippen MR) is 86.6 cm³/mol. The van der Waals surface area contributed by atoms with Crippen LogP contribution in [-0.2, 0) is 0 Å². The van der Waals surface area contributed by atoms with Crippen LogP contribution in [-0.4, -0.2) is 18.1 Å². The van der Waals surface area contributed by atoms with E-state index < -0.39 is 35.1 Å². The van der Waals surface area contributed by atoms with E-state index in [2.05, 4.69) is 9.47 Å². The topological polar surface area (TPSA) is 135 Å². The Morgan fingerprint density at radius 2 is 1.39 bits per heavy atom. The SMILES string of the molecule is N#Cc1c(N)cccc1OC(F)F.N#Cc1c(OC(F)F)cccc1[N+](=O)[O-]. The zero-order valence-corrected chi connectivity index (χ0v) is 13.7. The lowest BCUT2D eigenvalue weighted by molar-refractivity contribution is -0.385. The van der Waals surface area contributed by atoms with Crippen molar-refractivity contribution in [3.8, 4) is 23.6 Å². The second-order valence-electron chi connectivity index (χ2n) is 4.61. The second kappa shape index (κ2) is 10.2. The van der Waals surface area contributed by atoms with Crippen LogP contribution in [0, 0.1) is 32.8 Å². The average molecular weight is 398 g/mol. The number of nitriles is 2. The molecule has 0 aromatic heterocycles. The molecule has 0 aliphatic carbocycles. The molecule has 0 amide bonds. The zero-order valence-electron chi connectivity index (χ0n) is 13.7. The summed E-state index contributed by atoms with van der Waals surface area (Å²) in [6, 6.07) is 10.6. The van der Waals surface area contributed by atoms with Gasteiger partial charge in [-0.3, -0.25) is 10.1 Å². The number of alkyl halides is 4. The number of ether oxygens (including phenoxy) is 2. The van der Waals surface area contributed by atoms with Gasteiger partial charge in [0.1, 0.15) is 23.5 Å². The van der Waals surface area contributed by atoms with Crippen molar-refractivity contribution in [3.63, 3.8) is 0 Å². The number of halogens is 4. The summed E-state index contributed by atoms with van der Waals surface area (Å²) in [6.45, 7) is -6.08. The number of nitro groups is 1. The van der Waals surface area contributed by atoms with E-state index in [9.17, 15) is 27.7 Å². The number of benzene rings is 2. The quantitative estimate of drug-likeness (QED) is 0.350. The number of nitrogens with zero attached hydrogens (tertiary/aromatic N) is 3. The molecule has 0 radical (unpaired) electrons. The minimum Gasteiger partial charge on any atom is -0.433 e. The highest BCUT2D eigenvalue weighted by Gasteiger charge is 2.20. The molecule has 0 atom stereocenters. The molecule has 0 bridgehead atoms. The standard InChI is InChI=1S/C8H4F2N2O3.C8H6F2N2O/c9-8(10)15-7-3-1-2-6(12(13)14)5(7)4-11;9-8(10)13-7-3-1-2-6(12)5(7)4-11/h1-3,8H;1-3,8H,12H2. The first-order valence-electron chi connectivity index (χ1n) is 7.07. The van der Waals surface area contributed by atoms with E-state index in [1.807, 2.05) is 0 Å². The minimum absolute atomic E-state index is 0.0669. The number of hydrogen-bond donors (Lipinski definition) is 1. The molecule has 12 heteroatoms. The van der Waals surface area contributed by atoms with Gasteiger partial charge in [-0.15, -0.1) is 0 Å². The molecule has 0 saturated heterocycles. The monoisotopic (exact) mass is 398 g/mol. The van der Waals surface area contributed by atoms with Gasteiger partial charge in [-0.25, -0.2) is 0 Å². The fourth-order valence-corrected chi connectivity index (χ4v) is 1.84. The zero-order chi connectivity index (χ0) is 21.3. The molecule has 0 unspecified atom stereocenters. The highest BCUT2D eigenvalue weighted by molar-refractivity contribution is 5.60. The van der Waals surface area contributed by atoms with Crippen molar-refractivity contribution in [2.24, 2.45) is 0 Å². The van der Waals surface area contributed by atoms with Gasteiger partial charge in [-0.2, -0.15) is 28.1 Å². The molecule has 2 rings (SSSR count). The molecule has 2 aromatic rings. The van der Waals surface area contributed by atoms with Crippen LogP contribution in [0.4, 0.5) is 28.9 Å². The van der Waals surface area contributed by atoms with Crippen LogP contribution in [0.3, 0.4) is 0 Å². The van der Waals surface area contributed by atoms with Crippen molar-refractivity contribution in [2.75, 3.05) is 5.73 Å². The van der Waals surface area contributed by atoms with Gasteiger partial charge in [0.25, 0.3) is 5.69 Å². The van der Waals surface area contributed by atoms with Gasteiger partial charge in [0, 0.05) is 6.07 Å². The lowest BCUT2D eigenvalue weighted by atomic mass is 10.2. The van der Waals surface area contributed by atoms with E-state index in [4.69, 9.17) is 16.3 Å². The van der Waals surface area contributed by atoms with Crippen molar-refractivity contribution < 1.29 is 32.0 Å². The summed E-state index contributed by atoms with van der Waals surface area (Å²) < 4.78 is 55.4. The molecule has 0 heterocycles. The summed E-state index contributed by atoms with van der Waals surface area (Å²) in [4.78, 5) is 9.59. The predicted octanol–water partition coefficient (Wildman–Crippen LogP) is 3.81. The molecule has 28 heavy (non-hydrogen) atoms. The third-order valence-electron chi connectivity index (χ3n) is 2.92. The lowest BCUT2D eigenvalue weighted by Crippen LogP contribution is -2.04. The molecule has 0 fully saturated rings. The Balaban J connectivity index is 0.000000283. The Morgan fingerprint density at radius 3 is 1.82 bits per heavy atom. The Morgan fingerprint density at radius 1 is 0.929 bits per heavy atom. The van der Waals surface area contributed by atoms with Crippen molar-refractivity contribution >= 4 is 11.4 Å². The van der Waals surface area contributed by atoms with Gasteiger partial charge >= 0.3 is 13.2 Å². The Labute approximate surface area is 155 Å². The summed E-state index contributed by atoms with van der Waals surface area (Å²) >= 11 is 0. The smallest absolute Gasteiger partial charge is 0.387 e. The highest BCUT2D eigenvalue weighted by Crippen LogP contribution is 2.28. The summed E-state index contributed by atoms with van der Waals surface area (Å²) in [5.74, 6) is -0.695. The Hall–Kier alpha value is -4.06. The first kappa shape index (κ1) is 22.0. The molecule has 0 aliphatic heterocycles. The molecule has 146 valence electrons. The molecular formula is C16H10F4N4O4. The van der Waals surface area contributed by atoms with E-state index >= 15 is 0 Å². The summed E-state index contributed by atoms with van der Waals surface area (Å²) in [5.41, 5.74) is 4.35. The van der Waals surface area contributed by atoms with Gasteiger partial charge in [0.05, 0.1) is 10.6 Å². The van der Waals surface area contributed by atoms with Crippen LogP contribution in [0.25, 0.3) is 0 Å². The highest BCUT2D eigenvalue weighted by atomic mass is 19.3. The maximum Gasteiger partial charge on any atom is 0.387 e.